The topological polar surface area (TPSA) is 70.8 Å². The summed E-state index contributed by atoms with van der Waals surface area (Å²) in [5.41, 5.74) is 0. The first-order valence-corrected chi connectivity index (χ1v) is 4.54. The van der Waals surface area contributed by atoms with Crippen LogP contribution < -0.4 is 0 Å². The lowest BCUT2D eigenvalue weighted by Gasteiger charge is -2.12. The van der Waals surface area contributed by atoms with Crippen molar-refractivity contribution in [3.8, 4) is 0 Å². The van der Waals surface area contributed by atoms with E-state index in [1.54, 1.807) is 0 Å². The van der Waals surface area contributed by atoms with Crippen molar-refractivity contribution in [1.82, 2.24) is 4.90 Å². The molecule has 1 aromatic heterocycles. The quantitative estimate of drug-likeness (QED) is 0.746. The fourth-order valence-electron chi connectivity index (χ4n) is 1.16. The maximum atomic E-state index is 11.0. The minimum absolute atomic E-state index is 0.331. The van der Waals surface area contributed by atoms with Gasteiger partial charge in [0.05, 0.1) is 0 Å². The molecule has 0 bridgehead atoms. The van der Waals surface area contributed by atoms with E-state index in [2.05, 4.69) is 0 Å². The molecule has 0 radical (unpaired) electrons. The highest BCUT2D eigenvalue weighted by molar-refractivity contribution is 6.31. The summed E-state index contributed by atoms with van der Waals surface area (Å²) in [5, 5.41) is 8.44. The molecular weight excluding hydrogens is 198 g/mol. The van der Waals surface area contributed by atoms with E-state index in [1.165, 1.54) is 7.05 Å². The molecule has 0 aliphatic carbocycles. The normalized spacial score (nSPS) is 10.0. The Hall–Kier alpha value is -1.78. The maximum absolute atomic E-state index is 11.0. The number of aliphatic carboxylic acids is 1. The van der Waals surface area contributed by atoms with Crippen LogP contribution in [0.4, 0.5) is 0 Å². The van der Waals surface area contributed by atoms with Crippen molar-refractivity contribution in [3.05, 3.63) is 23.7 Å². The summed E-state index contributed by atoms with van der Waals surface area (Å²) in [6, 6.07) is 3.64. The van der Waals surface area contributed by atoms with E-state index in [0.29, 0.717) is 13.0 Å². The molecule has 0 atom stereocenters. The third kappa shape index (κ3) is 3.12. The monoisotopic (exact) mass is 211 g/mol. The summed E-state index contributed by atoms with van der Waals surface area (Å²) < 4.78 is 5.29. The number of hydrogen-bond acceptors (Lipinski definition) is 3. The van der Waals surface area contributed by atoms with Crippen LogP contribution in [0.3, 0.4) is 0 Å². The molecule has 1 amide bonds. The lowest BCUT2D eigenvalue weighted by atomic mass is 10.3. The number of aryl methyl sites for hydroxylation is 1. The highest BCUT2D eigenvalue weighted by Gasteiger charge is 2.16. The van der Waals surface area contributed by atoms with Crippen molar-refractivity contribution < 1.29 is 19.1 Å². The van der Waals surface area contributed by atoms with Gasteiger partial charge in [-0.05, 0) is 19.1 Å². The molecule has 0 saturated carbocycles. The van der Waals surface area contributed by atoms with Crippen molar-refractivity contribution in [3.63, 3.8) is 0 Å². The molecule has 0 aliphatic rings. The minimum atomic E-state index is -1.44. The molecule has 1 heterocycles. The Morgan fingerprint density at radius 3 is 2.60 bits per heavy atom. The Morgan fingerprint density at radius 2 is 2.13 bits per heavy atom. The SMILES string of the molecule is Cc1ccc(CCN(C)C(=O)C(=O)O)o1. The number of carboxylic acid groups (broad SMARTS) is 1. The number of carbonyl (C=O) groups is 2. The smallest absolute Gasteiger partial charge is 0.394 e. The molecule has 0 aliphatic heterocycles. The molecule has 5 heteroatoms. The Kier molecular flexibility index (Phi) is 3.49. The van der Waals surface area contributed by atoms with Gasteiger partial charge < -0.3 is 14.4 Å². The average molecular weight is 211 g/mol. The first-order chi connectivity index (χ1) is 7.00. The fourth-order valence-corrected chi connectivity index (χ4v) is 1.16. The second-order valence-corrected chi connectivity index (χ2v) is 3.29. The van der Waals surface area contributed by atoms with Crippen LogP contribution in [-0.4, -0.2) is 35.5 Å². The van der Waals surface area contributed by atoms with Gasteiger partial charge in [-0.1, -0.05) is 0 Å². The van der Waals surface area contributed by atoms with E-state index >= 15 is 0 Å². The van der Waals surface area contributed by atoms with Crippen LogP contribution in [0.25, 0.3) is 0 Å². The average Bonchev–Trinajstić information content (AvgIpc) is 2.59. The summed E-state index contributed by atoms with van der Waals surface area (Å²) in [5.74, 6) is -0.791. The molecule has 5 nitrogen and oxygen atoms in total. The first-order valence-electron chi connectivity index (χ1n) is 4.54. The Morgan fingerprint density at radius 1 is 1.47 bits per heavy atom. The van der Waals surface area contributed by atoms with Gasteiger partial charge >= 0.3 is 11.9 Å². The zero-order valence-electron chi connectivity index (χ0n) is 8.69. The van der Waals surface area contributed by atoms with Crippen LogP contribution >= 0.6 is 0 Å². The number of hydrogen-bond donors (Lipinski definition) is 1. The predicted molar refractivity (Wildman–Crippen MR) is 52.4 cm³/mol. The van der Waals surface area contributed by atoms with Crippen molar-refractivity contribution >= 4 is 11.9 Å². The van der Waals surface area contributed by atoms with E-state index in [-0.39, 0.29) is 0 Å². The number of nitrogens with zero attached hydrogens (tertiary/aromatic N) is 1. The summed E-state index contributed by atoms with van der Waals surface area (Å²) in [6.45, 7) is 2.16. The summed E-state index contributed by atoms with van der Waals surface area (Å²) >= 11 is 0. The largest absolute Gasteiger partial charge is 0.474 e. The van der Waals surface area contributed by atoms with Gasteiger partial charge in [0.2, 0.25) is 0 Å². The number of furan rings is 1. The Labute approximate surface area is 87.3 Å². The number of amides is 1. The van der Waals surface area contributed by atoms with Gasteiger partial charge in [-0.2, -0.15) is 0 Å². The van der Waals surface area contributed by atoms with Crippen molar-refractivity contribution in [2.45, 2.75) is 13.3 Å². The van der Waals surface area contributed by atoms with Crippen LogP contribution in [0.1, 0.15) is 11.5 Å². The lowest BCUT2D eigenvalue weighted by molar-refractivity contribution is -0.155. The lowest BCUT2D eigenvalue weighted by Crippen LogP contribution is -2.34. The zero-order valence-corrected chi connectivity index (χ0v) is 8.69. The van der Waals surface area contributed by atoms with Gasteiger partial charge in [0.15, 0.2) is 0 Å². The van der Waals surface area contributed by atoms with Crippen LogP contribution in [0.2, 0.25) is 0 Å². The van der Waals surface area contributed by atoms with E-state index in [4.69, 9.17) is 9.52 Å². The fraction of sp³-hybridized carbons (Fsp3) is 0.400. The molecule has 0 unspecified atom stereocenters. The molecule has 15 heavy (non-hydrogen) atoms. The van der Waals surface area contributed by atoms with Gasteiger partial charge in [-0.3, -0.25) is 4.79 Å². The molecule has 1 N–H and O–H groups in total. The Bertz CT molecular complexity index is 369. The number of carboxylic acids is 1. The number of carbonyl (C=O) groups excluding carboxylic acids is 1. The molecule has 1 rings (SSSR count). The van der Waals surface area contributed by atoms with Gasteiger partial charge in [0.1, 0.15) is 11.5 Å². The van der Waals surface area contributed by atoms with E-state index in [0.717, 1.165) is 16.4 Å². The summed E-state index contributed by atoms with van der Waals surface area (Å²) in [7, 11) is 1.45. The minimum Gasteiger partial charge on any atom is -0.474 e. The second kappa shape index (κ2) is 4.63. The first kappa shape index (κ1) is 11.3. The number of rotatable bonds is 3. The van der Waals surface area contributed by atoms with E-state index in [1.807, 2.05) is 19.1 Å². The van der Waals surface area contributed by atoms with Crippen LogP contribution in [0.15, 0.2) is 16.5 Å². The summed E-state index contributed by atoms with van der Waals surface area (Å²) in [4.78, 5) is 22.5. The van der Waals surface area contributed by atoms with Crippen molar-refractivity contribution in [2.24, 2.45) is 0 Å². The molecule has 0 spiro atoms. The molecule has 82 valence electrons. The molecule has 0 fully saturated rings. The number of likely N-dealkylation sites (N-methyl/N-ethyl adjacent to an activating group) is 1. The highest BCUT2D eigenvalue weighted by atomic mass is 16.4. The third-order valence-electron chi connectivity index (χ3n) is 2.02. The van der Waals surface area contributed by atoms with Crippen LogP contribution in [-0.2, 0) is 16.0 Å². The molecule has 0 saturated heterocycles. The Balaban J connectivity index is 2.44. The molecule has 0 aromatic carbocycles. The van der Waals surface area contributed by atoms with Gasteiger partial charge in [-0.25, -0.2) is 4.79 Å². The maximum Gasteiger partial charge on any atom is 0.394 e. The van der Waals surface area contributed by atoms with Crippen molar-refractivity contribution in [1.29, 1.82) is 0 Å². The van der Waals surface area contributed by atoms with Crippen molar-refractivity contribution in [2.75, 3.05) is 13.6 Å². The van der Waals surface area contributed by atoms with Crippen LogP contribution in [0, 0.1) is 6.92 Å². The molecular formula is C10H13NO4. The molecule has 1 aromatic rings. The third-order valence-corrected chi connectivity index (χ3v) is 2.02. The van der Waals surface area contributed by atoms with E-state index < -0.39 is 11.9 Å². The second-order valence-electron chi connectivity index (χ2n) is 3.29. The summed E-state index contributed by atoms with van der Waals surface area (Å²) in [6.07, 6.45) is 0.517. The predicted octanol–water partition coefficient (Wildman–Crippen LogP) is 0.674. The van der Waals surface area contributed by atoms with Gasteiger partial charge in [-0.15, -0.1) is 0 Å². The van der Waals surface area contributed by atoms with Gasteiger partial charge in [0.25, 0.3) is 0 Å². The standard InChI is InChI=1S/C10H13NO4/c1-7-3-4-8(15-7)5-6-11(2)9(12)10(13)14/h3-4H,5-6H2,1-2H3,(H,13,14). The highest BCUT2D eigenvalue weighted by Crippen LogP contribution is 2.07. The van der Waals surface area contributed by atoms with E-state index in [9.17, 15) is 9.59 Å². The van der Waals surface area contributed by atoms with Gasteiger partial charge in [0, 0.05) is 20.0 Å². The van der Waals surface area contributed by atoms with Crippen LogP contribution in [0.5, 0.6) is 0 Å². The zero-order chi connectivity index (χ0) is 11.4.